The van der Waals surface area contributed by atoms with E-state index in [1.165, 1.54) is 13.0 Å². The molecule has 0 amide bonds. The molecular formula is C28H34O14. The van der Waals surface area contributed by atoms with Crippen LogP contribution in [-0.2, 0) is 42.8 Å². The predicted octanol–water partition coefficient (Wildman–Crippen LogP) is -1.09. The van der Waals surface area contributed by atoms with Gasteiger partial charge in [-0.3, -0.25) is 4.79 Å². The van der Waals surface area contributed by atoms with Gasteiger partial charge in [-0.05, 0) is 18.6 Å². The SMILES string of the molecule is COC(=O)C1=COC(OC2OC(CO)C(O)C(O)C2O)[C@@H]2[C@]1(O)C(OC(=O)C=Cc1ccccc1)C[C@]2(C)OC(C)=O. The summed E-state index contributed by atoms with van der Waals surface area (Å²) in [4.78, 5) is 37.9. The molecule has 1 saturated carbocycles. The summed E-state index contributed by atoms with van der Waals surface area (Å²) in [6.07, 6.45) is -8.42. The molecule has 1 saturated heterocycles. The molecule has 1 aromatic rings. The zero-order chi connectivity index (χ0) is 30.8. The van der Waals surface area contributed by atoms with Crippen molar-refractivity contribution in [3.63, 3.8) is 0 Å². The molecule has 2 aliphatic heterocycles. The molecule has 0 radical (unpaired) electrons. The Balaban J connectivity index is 1.71. The van der Waals surface area contributed by atoms with Crippen molar-refractivity contribution in [2.45, 2.75) is 74.6 Å². The Morgan fingerprint density at radius 3 is 2.38 bits per heavy atom. The first kappa shape index (κ1) is 31.6. The lowest BCUT2D eigenvalue weighted by atomic mass is 9.76. The highest BCUT2D eigenvalue weighted by Crippen LogP contribution is 2.55. The summed E-state index contributed by atoms with van der Waals surface area (Å²) in [6.45, 7) is 1.78. The van der Waals surface area contributed by atoms with Crippen molar-refractivity contribution >= 4 is 24.0 Å². The minimum atomic E-state index is -2.43. The maximum atomic E-state index is 12.9. The summed E-state index contributed by atoms with van der Waals surface area (Å²) < 4.78 is 32.9. The van der Waals surface area contributed by atoms with Crippen LogP contribution in [0.2, 0.25) is 0 Å². The van der Waals surface area contributed by atoms with Crippen molar-refractivity contribution < 1.29 is 68.3 Å². The average molecular weight is 595 g/mol. The summed E-state index contributed by atoms with van der Waals surface area (Å²) in [5, 5.41) is 52.6. The Morgan fingerprint density at radius 1 is 1.07 bits per heavy atom. The Bertz CT molecular complexity index is 1210. The number of carbonyl (C=O) groups excluding carboxylic acids is 3. The van der Waals surface area contributed by atoms with E-state index >= 15 is 0 Å². The van der Waals surface area contributed by atoms with Crippen LogP contribution in [0.15, 0.2) is 48.2 Å². The van der Waals surface area contributed by atoms with E-state index in [2.05, 4.69) is 0 Å². The van der Waals surface area contributed by atoms with Crippen molar-refractivity contribution in [3.8, 4) is 0 Å². The zero-order valence-electron chi connectivity index (χ0n) is 23.1. The Morgan fingerprint density at radius 2 is 1.76 bits per heavy atom. The van der Waals surface area contributed by atoms with E-state index in [9.17, 15) is 39.9 Å². The van der Waals surface area contributed by atoms with Crippen LogP contribution in [0.3, 0.4) is 0 Å². The second-order valence-electron chi connectivity index (χ2n) is 10.4. The molecule has 0 spiro atoms. The number of carbonyl (C=O) groups is 3. The number of benzene rings is 1. The summed E-state index contributed by atoms with van der Waals surface area (Å²) in [5.41, 5.74) is -3.91. The molecule has 10 atom stereocenters. The molecule has 1 aromatic carbocycles. The molecule has 3 aliphatic rings. The van der Waals surface area contributed by atoms with Gasteiger partial charge in [0.2, 0.25) is 6.29 Å². The molecule has 4 rings (SSSR count). The lowest BCUT2D eigenvalue weighted by Gasteiger charge is -2.47. The van der Waals surface area contributed by atoms with Crippen molar-refractivity contribution in [2.75, 3.05) is 13.7 Å². The normalized spacial score (nSPS) is 37.8. The molecule has 2 fully saturated rings. The van der Waals surface area contributed by atoms with Gasteiger partial charge in [0, 0.05) is 19.4 Å². The van der Waals surface area contributed by atoms with Gasteiger partial charge in [0.25, 0.3) is 0 Å². The van der Waals surface area contributed by atoms with E-state index in [1.54, 1.807) is 30.3 Å². The number of rotatable bonds is 8. The summed E-state index contributed by atoms with van der Waals surface area (Å²) in [6, 6.07) is 8.83. The molecule has 42 heavy (non-hydrogen) atoms. The zero-order valence-corrected chi connectivity index (χ0v) is 23.1. The first-order chi connectivity index (χ1) is 19.8. The molecule has 5 N–H and O–H groups in total. The standard InChI is InChI=1S/C28H34O14/c1-14(30)42-27(2)11-18(40-19(31)10-9-15-7-5-4-6-8-15)28(36)16(24(35)37-3)13-38-26(23(27)28)41-25-22(34)21(33)20(32)17(12-29)39-25/h4-10,13,17-18,20-23,25-26,29,32-34,36H,11-12H2,1-3H3/t17?,18?,20?,21?,22?,23-,25?,26?,27-,28+/m0/s1. The van der Waals surface area contributed by atoms with Gasteiger partial charge in [-0.25, -0.2) is 9.59 Å². The van der Waals surface area contributed by atoms with Gasteiger partial charge in [0.1, 0.15) is 53.6 Å². The van der Waals surface area contributed by atoms with Crippen LogP contribution in [-0.4, -0.2) is 111 Å². The van der Waals surface area contributed by atoms with E-state index in [-0.39, 0.29) is 6.42 Å². The van der Waals surface area contributed by atoms with E-state index in [0.29, 0.717) is 5.56 Å². The molecule has 14 heteroatoms. The van der Waals surface area contributed by atoms with Crippen molar-refractivity contribution in [2.24, 2.45) is 5.92 Å². The van der Waals surface area contributed by atoms with Crippen LogP contribution in [0.25, 0.3) is 6.08 Å². The summed E-state index contributed by atoms with van der Waals surface area (Å²) in [7, 11) is 1.06. The van der Waals surface area contributed by atoms with Gasteiger partial charge in [-0.1, -0.05) is 30.3 Å². The number of fused-ring (bicyclic) bond motifs is 1. The fraction of sp³-hybridized carbons (Fsp3) is 0.536. The van der Waals surface area contributed by atoms with Crippen LogP contribution in [0, 0.1) is 5.92 Å². The van der Waals surface area contributed by atoms with E-state index in [4.69, 9.17) is 28.4 Å². The lowest BCUT2D eigenvalue weighted by Crippen LogP contribution is -2.63. The first-order valence-corrected chi connectivity index (χ1v) is 13.1. The maximum absolute atomic E-state index is 12.9. The number of ether oxygens (including phenoxy) is 6. The molecule has 14 nitrogen and oxygen atoms in total. The second-order valence-corrected chi connectivity index (χ2v) is 10.4. The highest BCUT2D eigenvalue weighted by molar-refractivity contribution is 5.92. The van der Waals surface area contributed by atoms with Crippen molar-refractivity contribution in [1.29, 1.82) is 0 Å². The highest BCUT2D eigenvalue weighted by atomic mass is 16.8. The number of aliphatic hydroxyl groups excluding tert-OH is 4. The smallest absolute Gasteiger partial charge is 0.339 e. The van der Waals surface area contributed by atoms with Crippen LogP contribution >= 0.6 is 0 Å². The third-order valence-electron chi connectivity index (χ3n) is 7.61. The van der Waals surface area contributed by atoms with Crippen molar-refractivity contribution in [3.05, 3.63) is 53.8 Å². The van der Waals surface area contributed by atoms with Gasteiger partial charge in [-0.2, -0.15) is 0 Å². The van der Waals surface area contributed by atoms with Gasteiger partial charge in [0.05, 0.1) is 19.6 Å². The fourth-order valence-corrected chi connectivity index (χ4v) is 5.68. The molecule has 1 aliphatic carbocycles. The third-order valence-corrected chi connectivity index (χ3v) is 7.61. The fourth-order valence-electron chi connectivity index (χ4n) is 5.68. The Kier molecular flexibility index (Phi) is 9.37. The van der Waals surface area contributed by atoms with Gasteiger partial charge >= 0.3 is 17.9 Å². The molecule has 7 unspecified atom stereocenters. The topological polar surface area (TPSA) is 208 Å². The van der Waals surface area contributed by atoms with E-state index in [1.807, 2.05) is 0 Å². The third kappa shape index (κ3) is 5.92. The Labute approximate surface area is 240 Å². The van der Waals surface area contributed by atoms with E-state index < -0.39 is 90.3 Å². The maximum Gasteiger partial charge on any atom is 0.339 e. The molecule has 2 heterocycles. The monoisotopic (exact) mass is 594 g/mol. The predicted molar refractivity (Wildman–Crippen MR) is 138 cm³/mol. The lowest BCUT2D eigenvalue weighted by molar-refractivity contribution is -0.352. The number of methoxy groups -OCH3 is 1. The van der Waals surface area contributed by atoms with Crippen LogP contribution in [0.5, 0.6) is 0 Å². The number of hydrogen-bond acceptors (Lipinski definition) is 14. The van der Waals surface area contributed by atoms with Gasteiger partial charge < -0.3 is 54.0 Å². The minimum Gasteiger partial charge on any atom is -0.471 e. The largest absolute Gasteiger partial charge is 0.471 e. The first-order valence-electron chi connectivity index (χ1n) is 13.1. The highest BCUT2D eigenvalue weighted by Gasteiger charge is 2.71. The number of hydrogen-bond donors (Lipinski definition) is 5. The second kappa shape index (κ2) is 12.5. The average Bonchev–Trinajstić information content (AvgIpc) is 3.17. The molecular weight excluding hydrogens is 560 g/mol. The minimum absolute atomic E-state index is 0.328. The van der Waals surface area contributed by atoms with Gasteiger partial charge in [-0.15, -0.1) is 0 Å². The number of esters is 3. The summed E-state index contributed by atoms with van der Waals surface area (Å²) >= 11 is 0. The van der Waals surface area contributed by atoms with Gasteiger partial charge in [0.15, 0.2) is 6.29 Å². The molecule has 0 aromatic heterocycles. The summed E-state index contributed by atoms with van der Waals surface area (Å²) in [5.74, 6) is -4.21. The van der Waals surface area contributed by atoms with Crippen LogP contribution in [0.4, 0.5) is 0 Å². The van der Waals surface area contributed by atoms with E-state index in [0.717, 1.165) is 26.4 Å². The van der Waals surface area contributed by atoms with Crippen molar-refractivity contribution in [1.82, 2.24) is 0 Å². The quantitative estimate of drug-likeness (QED) is 0.138. The molecule has 0 bridgehead atoms. The number of aliphatic hydroxyl groups is 5. The van der Waals surface area contributed by atoms with Crippen LogP contribution in [0.1, 0.15) is 25.8 Å². The Hall–Kier alpha value is -3.37. The molecule has 230 valence electrons. The van der Waals surface area contributed by atoms with Crippen LogP contribution < -0.4 is 0 Å².